The van der Waals surface area contributed by atoms with Gasteiger partial charge in [0.05, 0.1) is 0 Å². The van der Waals surface area contributed by atoms with Gasteiger partial charge in [0.25, 0.3) is 5.91 Å². The van der Waals surface area contributed by atoms with Crippen LogP contribution in [-0.4, -0.2) is 49.6 Å². The van der Waals surface area contributed by atoms with Crippen molar-refractivity contribution in [2.75, 3.05) is 33.0 Å². The van der Waals surface area contributed by atoms with E-state index in [9.17, 15) is 18.4 Å². The Morgan fingerprint density at radius 1 is 1.03 bits per heavy atom. The molecule has 0 spiro atoms. The van der Waals surface area contributed by atoms with Crippen LogP contribution in [0.3, 0.4) is 0 Å². The Morgan fingerprint density at radius 3 is 2.57 bits per heavy atom. The van der Waals surface area contributed by atoms with Gasteiger partial charge in [0.2, 0.25) is 0 Å². The van der Waals surface area contributed by atoms with Crippen molar-refractivity contribution < 1.29 is 27.8 Å². The van der Waals surface area contributed by atoms with Crippen molar-refractivity contribution >= 4 is 11.7 Å². The van der Waals surface area contributed by atoms with Gasteiger partial charge >= 0.3 is 0 Å². The highest BCUT2D eigenvalue weighted by atomic mass is 19.1. The minimum absolute atomic E-state index is 0.00362. The van der Waals surface area contributed by atoms with Gasteiger partial charge in [0.15, 0.2) is 5.78 Å². The zero-order valence-electron chi connectivity index (χ0n) is 20.5. The second kappa shape index (κ2) is 11.1. The summed E-state index contributed by atoms with van der Waals surface area (Å²) in [5.41, 5.74) is 3.33. The van der Waals surface area contributed by atoms with Gasteiger partial charge in [-0.05, 0) is 72.4 Å². The fourth-order valence-electron chi connectivity index (χ4n) is 5.39. The first-order valence-electron chi connectivity index (χ1n) is 12.6. The molecule has 1 fully saturated rings. The summed E-state index contributed by atoms with van der Waals surface area (Å²) in [4.78, 5) is 26.9. The number of benzene rings is 3. The molecule has 3 aromatic rings. The standard InChI is InChI=1S/C30H29F2NO4/c31-12-15-36-27-3-1-2-22(18-27)29(20-4-7-25(32)8-5-20)21-10-13-33(14-11-21)30(35)23-6-9-28-24(16-23)17-26(34)19-37-28/h1-9,16,18,21,29H,10-15,17,19H2/t29-/m1/s1. The number of ketones is 1. The van der Waals surface area contributed by atoms with Crippen LogP contribution < -0.4 is 9.47 Å². The normalized spacial score (nSPS) is 16.6. The van der Waals surface area contributed by atoms with E-state index in [0.717, 1.165) is 29.5 Å². The van der Waals surface area contributed by atoms with Crippen molar-refractivity contribution in [1.82, 2.24) is 4.90 Å². The van der Waals surface area contributed by atoms with E-state index >= 15 is 0 Å². The van der Waals surface area contributed by atoms with Crippen molar-refractivity contribution in [3.8, 4) is 11.5 Å². The lowest BCUT2D eigenvalue weighted by atomic mass is 9.76. The van der Waals surface area contributed by atoms with Crippen LogP contribution in [0.25, 0.3) is 0 Å². The van der Waals surface area contributed by atoms with Crippen molar-refractivity contribution in [3.05, 3.63) is 94.8 Å². The first-order chi connectivity index (χ1) is 18.0. The Kier molecular flexibility index (Phi) is 7.49. The minimum Gasteiger partial charge on any atom is -0.491 e. The minimum atomic E-state index is -0.564. The van der Waals surface area contributed by atoms with Crippen molar-refractivity contribution in [3.63, 3.8) is 0 Å². The van der Waals surface area contributed by atoms with Crippen LogP contribution in [0.15, 0.2) is 66.7 Å². The van der Waals surface area contributed by atoms with Crippen molar-refractivity contribution in [1.29, 1.82) is 0 Å². The van der Waals surface area contributed by atoms with Gasteiger partial charge in [-0.3, -0.25) is 9.59 Å². The van der Waals surface area contributed by atoms with Crippen LogP contribution in [0.1, 0.15) is 45.8 Å². The van der Waals surface area contributed by atoms with Gasteiger partial charge in [-0.25, -0.2) is 8.78 Å². The Morgan fingerprint density at radius 2 is 1.81 bits per heavy atom. The van der Waals surface area contributed by atoms with E-state index in [0.29, 0.717) is 30.2 Å². The average molecular weight is 506 g/mol. The zero-order valence-corrected chi connectivity index (χ0v) is 20.5. The highest BCUT2D eigenvalue weighted by Gasteiger charge is 2.31. The third kappa shape index (κ3) is 5.66. The molecular formula is C30H29F2NO4. The molecule has 2 aliphatic rings. The second-order valence-electron chi connectivity index (χ2n) is 9.60. The molecule has 5 nitrogen and oxygen atoms in total. The number of carbonyl (C=O) groups is 2. The molecule has 2 aliphatic heterocycles. The van der Waals surface area contributed by atoms with E-state index in [2.05, 4.69) is 0 Å². The fraction of sp³-hybridized carbons (Fsp3) is 0.333. The predicted molar refractivity (Wildman–Crippen MR) is 135 cm³/mol. The number of halogens is 2. The molecule has 0 aromatic heterocycles. The number of carbonyl (C=O) groups excluding carboxylic acids is 2. The zero-order chi connectivity index (χ0) is 25.8. The maximum atomic E-state index is 13.7. The SMILES string of the molecule is O=C1COc2ccc(C(=O)N3CCC([C@@H](c4ccc(F)cc4)c4cccc(OCCF)c4)CC3)cc2C1. The van der Waals surface area contributed by atoms with Crippen LogP contribution >= 0.6 is 0 Å². The Bertz CT molecular complexity index is 1270. The molecule has 7 heteroatoms. The summed E-state index contributed by atoms with van der Waals surface area (Å²) in [7, 11) is 0. The summed E-state index contributed by atoms with van der Waals surface area (Å²) >= 11 is 0. The monoisotopic (exact) mass is 505 g/mol. The molecule has 3 aromatic carbocycles. The second-order valence-corrected chi connectivity index (χ2v) is 9.60. The number of alkyl halides is 1. The molecule has 1 atom stereocenters. The number of fused-ring (bicyclic) bond motifs is 1. The number of ether oxygens (including phenoxy) is 2. The molecular weight excluding hydrogens is 476 g/mol. The van der Waals surface area contributed by atoms with Crippen molar-refractivity contribution in [2.45, 2.75) is 25.2 Å². The number of hydrogen-bond donors (Lipinski definition) is 0. The lowest BCUT2D eigenvalue weighted by Crippen LogP contribution is -2.40. The van der Waals surface area contributed by atoms with E-state index in [1.807, 2.05) is 35.2 Å². The fourth-order valence-corrected chi connectivity index (χ4v) is 5.39. The third-order valence-electron chi connectivity index (χ3n) is 7.17. The molecule has 1 saturated heterocycles. The number of amides is 1. The number of nitrogens with zero attached hydrogens (tertiary/aromatic N) is 1. The van der Waals surface area contributed by atoms with Gasteiger partial charge < -0.3 is 14.4 Å². The highest BCUT2D eigenvalue weighted by Crippen LogP contribution is 2.39. The molecule has 0 unspecified atom stereocenters. The number of piperidine rings is 1. The van der Waals surface area contributed by atoms with E-state index in [4.69, 9.17) is 9.47 Å². The van der Waals surface area contributed by atoms with Crippen LogP contribution in [0.2, 0.25) is 0 Å². The molecule has 0 aliphatic carbocycles. The van der Waals surface area contributed by atoms with Crippen LogP contribution in [-0.2, 0) is 11.2 Å². The summed E-state index contributed by atoms with van der Waals surface area (Å²) in [5, 5.41) is 0. The summed E-state index contributed by atoms with van der Waals surface area (Å²) in [5.74, 6) is 1.13. The first kappa shape index (κ1) is 24.9. The molecule has 0 N–H and O–H groups in total. The smallest absolute Gasteiger partial charge is 0.253 e. The number of likely N-dealkylation sites (tertiary alicyclic amines) is 1. The molecule has 37 heavy (non-hydrogen) atoms. The molecule has 192 valence electrons. The van der Waals surface area contributed by atoms with Gasteiger partial charge in [0, 0.05) is 36.6 Å². The highest BCUT2D eigenvalue weighted by molar-refractivity contribution is 5.95. The van der Waals surface area contributed by atoms with Crippen LogP contribution in [0.5, 0.6) is 11.5 Å². The number of hydrogen-bond acceptors (Lipinski definition) is 4. The first-order valence-corrected chi connectivity index (χ1v) is 12.6. The Labute approximate surface area is 215 Å². The van der Waals surface area contributed by atoms with Gasteiger partial charge in [-0.15, -0.1) is 0 Å². The lowest BCUT2D eigenvalue weighted by Gasteiger charge is -2.37. The summed E-state index contributed by atoms with van der Waals surface area (Å²) < 4.78 is 37.3. The molecule has 2 heterocycles. The van der Waals surface area contributed by atoms with E-state index in [1.54, 1.807) is 24.3 Å². The van der Waals surface area contributed by atoms with Gasteiger partial charge in [0.1, 0.15) is 37.2 Å². The van der Waals surface area contributed by atoms with Crippen LogP contribution in [0.4, 0.5) is 8.78 Å². The van der Waals surface area contributed by atoms with Gasteiger partial charge in [-0.2, -0.15) is 0 Å². The molecule has 0 saturated carbocycles. The lowest BCUT2D eigenvalue weighted by molar-refractivity contribution is -0.121. The molecule has 0 bridgehead atoms. The van der Waals surface area contributed by atoms with E-state index < -0.39 is 6.67 Å². The largest absolute Gasteiger partial charge is 0.491 e. The third-order valence-corrected chi connectivity index (χ3v) is 7.17. The number of Topliss-reactive ketones (excluding diaryl/α,β-unsaturated/α-hetero) is 1. The number of rotatable bonds is 7. The summed E-state index contributed by atoms with van der Waals surface area (Å²) in [6, 6.07) is 19.5. The summed E-state index contributed by atoms with van der Waals surface area (Å²) in [6.07, 6.45) is 1.83. The molecule has 1 amide bonds. The molecule has 5 rings (SSSR count). The summed E-state index contributed by atoms with van der Waals surface area (Å²) in [6.45, 7) is 0.686. The van der Waals surface area contributed by atoms with Gasteiger partial charge in [-0.1, -0.05) is 24.3 Å². The predicted octanol–water partition coefficient (Wildman–Crippen LogP) is 5.36. The Hall–Kier alpha value is -3.74. The maximum absolute atomic E-state index is 13.7. The van der Waals surface area contributed by atoms with E-state index in [1.165, 1.54) is 12.1 Å². The van der Waals surface area contributed by atoms with Crippen molar-refractivity contribution in [2.24, 2.45) is 5.92 Å². The average Bonchev–Trinajstić information content (AvgIpc) is 2.93. The molecule has 0 radical (unpaired) electrons. The topological polar surface area (TPSA) is 55.8 Å². The van der Waals surface area contributed by atoms with E-state index in [-0.39, 0.29) is 49.0 Å². The Balaban J connectivity index is 1.33. The quantitative estimate of drug-likeness (QED) is 0.434. The maximum Gasteiger partial charge on any atom is 0.253 e. The van der Waals surface area contributed by atoms with Crippen LogP contribution in [0, 0.1) is 11.7 Å².